The molecule has 2 aromatic heterocycles. The zero-order valence-electron chi connectivity index (χ0n) is 14.3. The maximum absolute atomic E-state index is 10.9. The first-order valence-electron chi connectivity index (χ1n) is 8.56. The summed E-state index contributed by atoms with van der Waals surface area (Å²) in [6, 6.07) is 7.96. The summed E-state index contributed by atoms with van der Waals surface area (Å²) in [6.07, 6.45) is 7.83. The van der Waals surface area contributed by atoms with Crippen molar-refractivity contribution in [2.75, 3.05) is 0 Å². The number of hydrogen-bond acceptors (Lipinski definition) is 2. The molecule has 0 unspecified atom stereocenters. The molecule has 3 rings (SSSR count). The molecule has 2 heterocycles. The first-order chi connectivity index (χ1) is 12.1. The second-order valence-corrected chi connectivity index (χ2v) is 6.75. The molecule has 0 saturated heterocycles. The highest BCUT2D eigenvalue weighted by Crippen LogP contribution is 2.35. The fraction of sp³-hybridized carbons (Fsp3) is 0.300. The number of carbonyl (C=O) groups is 1. The van der Waals surface area contributed by atoms with E-state index in [2.05, 4.69) is 23.0 Å². The molecule has 130 valence electrons. The molecule has 5 heteroatoms. The largest absolute Gasteiger partial charge is 0.370 e. The number of aromatic nitrogens is 2. The molecule has 1 amide bonds. The molecule has 0 aliphatic carbocycles. The molecule has 0 fully saturated rings. The van der Waals surface area contributed by atoms with E-state index in [9.17, 15) is 4.79 Å². The highest BCUT2D eigenvalue weighted by molar-refractivity contribution is 6.32. The van der Waals surface area contributed by atoms with Crippen LogP contribution in [-0.4, -0.2) is 15.9 Å². The highest BCUT2D eigenvalue weighted by atomic mass is 35.5. The predicted molar refractivity (Wildman–Crippen MR) is 103 cm³/mol. The van der Waals surface area contributed by atoms with Crippen LogP contribution in [-0.2, 0) is 11.2 Å². The van der Waals surface area contributed by atoms with Crippen molar-refractivity contribution in [3.63, 3.8) is 0 Å². The number of aryl methyl sites for hydroxylation is 2. The lowest BCUT2D eigenvalue weighted by molar-refractivity contribution is -0.118. The van der Waals surface area contributed by atoms with Gasteiger partial charge in [0.2, 0.25) is 5.91 Å². The van der Waals surface area contributed by atoms with Gasteiger partial charge in [-0.25, -0.2) is 0 Å². The third-order valence-corrected chi connectivity index (χ3v) is 4.97. The number of hydrogen-bond donors (Lipinski definition) is 2. The maximum Gasteiger partial charge on any atom is 0.217 e. The van der Waals surface area contributed by atoms with Crippen molar-refractivity contribution in [2.24, 2.45) is 5.73 Å². The first-order valence-corrected chi connectivity index (χ1v) is 8.94. The fourth-order valence-corrected chi connectivity index (χ4v) is 3.46. The topological polar surface area (TPSA) is 71.8 Å². The molecule has 3 N–H and O–H groups in total. The predicted octanol–water partition coefficient (Wildman–Crippen LogP) is 4.78. The molecule has 0 saturated carbocycles. The molecule has 0 bridgehead atoms. The molecule has 1 aromatic carbocycles. The van der Waals surface area contributed by atoms with Gasteiger partial charge >= 0.3 is 0 Å². The molecule has 3 aromatic rings. The Balaban J connectivity index is 1.95. The summed E-state index contributed by atoms with van der Waals surface area (Å²) in [5.74, 6) is -0.231. The Labute approximate surface area is 152 Å². The van der Waals surface area contributed by atoms with Crippen LogP contribution in [0.25, 0.3) is 22.2 Å². The lowest BCUT2D eigenvalue weighted by Gasteiger charge is -2.07. The van der Waals surface area contributed by atoms with E-state index in [-0.39, 0.29) is 5.91 Å². The minimum atomic E-state index is -0.231. The van der Waals surface area contributed by atoms with E-state index in [0.717, 1.165) is 53.0 Å². The van der Waals surface area contributed by atoms with Gasteiger partial charge in [0.15, 0.2) is 0 Å². The summed E-state index contributed by atoms with van der Waals surface area (Å²) < 4.78 is 0. The van der Waals surface area contributed by atoms with E-state index in [1.165, 1.54) is 10.9 Å². The smallest absolute Gasteiger partial charge is 0.217 e. The number of pyridine rings is 1. The summed E-state index contributed by atoms with van der Waals surface area (Å²) in [6.45, 7) is 2.06. The average molecular weight is 356 g/mol. The van der Waals surface area contributed by atoms with Gasteiger partial charge < -0.3 is 10.7 Å². The van der Waals surface area contributed by atoms with E-state index in [1.54, 1.807) is 6.20 Å². The van der Waals surface area contributed by atoms with Gasteiger partial charge in [0.05, 0.1) is 5.69 Å². The number of nitrogens with zero attached hydrogens (tertiary/aromatic N) is 1. The van der Waals surface area contributed by atoms with E-state index in [0.29, 0.717) is 6.42 Å². The number of nitrogens with one attached hydrogen (secondary N) is 1. The van der Waals surface area contributed by atoms with Crippen molar-refractivity contribution in [1.82, 2.24) is 9.97 Å². The minimum absolute atomic E-state index is 0.231. The van der Waals surface area contributed by atoms with Crippen LogP contribution in [0.15, 0.2) is 36.7 Å². The number of halogens is 1. The monoisotopic (exact) mass is 355 g/mol. The second kappa shape index (κ2) is 7.70. The van der Waals surface area contributed by atoms with E-state index >= 15 is 0 Å². The third-order valence-electron chi connectivity index (χ3n) is 4.56. The Morgan fingerprint density at radius 2 is 2.08 bits per heavy atom. The molecule has 25 heavy (non-hydrogen) atoms. The van der Waals surface area contributed by atoms with Gasteiger partial charge in [-0.15, -0.1) is 0 Å². The number of rotatable bonds is 7. The third kappa shape index (κ3) is 3.85. The number of benzene rings is 1. The van der Waals surface area contributed by atoms with Gasteiger partial charge in [-0.1, -0.05) is 18.0 Å². The lowest BCUT2D eigenvalue weighted by atomic mass is 9.98. The van der Waals surface area contributed by atoms with Crippen molar-refractivity contribution < 1.29 is 4.79 Å². The fourth-order valence-electron chi connectivity index (χ4n) is 3.30. The molecule has 4 nitrogen and oxygen atoms in total. The summed E-state index contributed by atoms with van der Waals surface area (Å²) in [7, 11) is 0. The number of H-pyrrole nitrogens is 1. The SMILES string of the molecule is Cc1c(Cl)ccc2[nH]c(-c3cccnc3)c(CCCCCC(N)=O)c12. The Hall–Kier alpha value is -2.33. The van der Waals surface area contributed by atoms with Crippen LogP contribution in [0.2, 0.25) is 5.02 Å². The summed E-state index contributed by atoms with van der Waals surface area (Å²) in [5.41, 5.74) is 10.8. The number of fused-ring (bicyclic) bond motifs is 1. The lowest BCUT2D eigenvalue weighted by Crippen LogP contribution is -2.09. The number of nitrogens with two attached hydrogens (primary N) is 1. The summed E-state index contributed by atoms with van der Waals surface area (Å²) >= 11 is 6.36. The molecule has 0 atom stereocenters. The van der Waals surface area contributed by atoms with Crippen molar-refractivity contribution >= 4 is 28.4 Å². The quantitative estimate of drug-likeness (QED) is 0.598. The second-order valence-electron chi connectivity index (χ2n) is 6.34. The Kier molecular flexibility index (Phi) is 5.39. The highest BCUT2D eigenvalue weighted by Gasteiger charge is 2.16. The van der Waals surface area contributed by atoms with Crippen LogP contribution < -0.4 is 5.73 Å². The van der Waals surface area contributed by atoms with Gasteiger partial charge in [0, 0.05) is 40.3 Å². The molecule has 0 aliphatic rings. The van der Waals surface area contributed by atoms with Crippen LogP contribution in [0, 0.1) is 6.92 Å². The summed E-state index contributed by atoms with van der Waals surface area (Å²) in [5, 5.41) is 1.97. The van der Waals surface area contributed by atoms with E-state index in [4.69, 9.17) is 17.3 Å². The van der Waals surface area contributed by atoms with Gasteiger partial charge in [-0.05, 0) is 61.6 Å². The van der Waals surface area contributed by atoms with Crippen LogP contribution in [0.4, 0.5) is 0 Å². The maximum atomic E-state index is 10.9. The van der Waals surface area contributed by atoms with Crippen LogP contribution in [0.3, 0.4) is 0 Å². The van der Waals surface area contributed by atoms with Gasteiger partial charge in [-0.3, -0.25) is 9.78 Å². The van der Waals surface area contributed by atoms with Crippen LogP contribution in [0.1, 0.15) is 36.8 Å². The zero-order chi connectivity index (χ0) is 17.8. The van der Waals surface area contributed by atoms with Crippen LogP contribution in [0.5, 0.6) is 0 Å². The van der Waals surface area contributed by atoms with Crippen molar-refractivity contribution in [1.29, 1.82) is 0 Å². The number of carbonyl (C=O) groups excluding carboxylic acids is 1. The zero-order valence-corrected chi connectivity index (χ0v) is 15.1. The van der Waals surface area contributed by atoms with Gasteiger partial charge in [0.25, 0.3) is 0 Å². The van der Waals surface area contributed by atoms with Crippen molar-refractivity contribution in [2.45, 2.75) is 39.0 Å². The molecular weight excluding hydrogens is 334 g/mol. The van der Waals surface area contributed by atoms with Crippen LogP contribution >= 0.6 is 11.6 Å². The molecule has 0 spiro atoms. The first kappa shape index (κ1) is 17.5. The standard InChI is InChI=1S/C20H22ClN3O/c1-13-16(21)9-10-17-19(13)15(7-3-2-4-8-18(22)25)20(24-17)14-6-5-11-23-12-14/h5-6,9-12,24H,2-4,7-8H2,1H3,(H2,22,25). The Morgan fingerprint density at radius 1 is 1.24 bits per heavy atom. The normalized spacial score (nSPS) is 11.1. The van der Waals surface area contributed by atoms with Gasteiger partial charge in [-0.2, -0.15) is 0 Å². The average Bonchev–Trinajstić information content (AvgIpc) is 2.98. The molecule has 0 radical (unpaired) electrons. The Morgan fingerprint density at radius 3 is 2.80 bits per heavy atom. The summed E-state index contributed by atoms with van der Waals surface area (Å²) in [4.78, 5) is 18.7. The minimum Gasteiger partial charge on any atom is -0.370 e. The Bertz CT molecular complexity index is 887. The van der Waals surface area contributed by atoms with E-state index in [1.807, 2.05) is 24.4 Å². The van der Waals surface area contributed by atoms with E-state index < -0.39 is 0 Å². The van der Waals surface area contributed by atoms with Gasteiger partial charge in [0.1, 0.15) is 0 Å². The number of primary amides is 1. The van der Waals surface area contributed by atoms with Crippen molar-refractivity contribution in [3.05, 3.63) is 52.8 Å². The molecule has 0 aliphatic heterocycles. The van der Waals surface area contributed by atoms with Crippen molar-refractivity contribution in [3.8, 4) is 11.3 Å². The number of amides is 1. The molecular formula is C20H22ClN3O. The number of aromatic amines is 1. The number of unbranched alkanes of at least 4 members (excludes halogenated alkanes) is 2.